The van der Waals surface area contributed by atoms with Crippen molar-refractivity contribution in [1.82, 2.24) is 0 Å². The van der Waals surface area contributed by atoms with Crippen LogP contribution < -0.4 is 0 Å². The van der Waals surface area contributed by atoms with E-state index in [9.17, 15) is 0 Å². The molecule has 2 rings (SSSR count). The molecule has 0 saturated carbocycles. The van der Waals surface area contributed by atoms with Crippen LogP contribution in [0, 0.1) is 0 Å². The first-order valence-electron chi connectivity index (χ1n) is 5.58. The number of halogens is 1. The van der Waals surface area contributed by atoms with Gasteiger partial charge in [-0.05, 0) is 62.9 Å². The lowest BCUT2D eigenvalue weighted by molar-refractivity contribution is 0.925. The second kappa shape index (κ2) is 4.42. The summed E-state index contributed by atoms with van der Waals surface area (Å²) in [6, 6.07) is 5.95. The molecule has 0 bridgehead atoms. The number of rotatable bonds is 0. The summed E-state index contributed by atoms with van der Waals surface area (Å²) in [5.74, 6) is 0. The lowest BCUT2D eigenvalue weighted by Crippen LogP contribution is -2.02. The topological polar surface area (TPSA) is 12.4 Å². The molecule has 0 aromatic heterocycles. The van der Waals surface area contributed by atoms with Crippen LogP contribution in [-0.4, -0.2) is 5.71 Å². The van der Waals surface area contributed by atoms with Crippen molar-refractivity contribution in [1.29, 1.82) is 0 Å². The van der Waals surface area contributed by atoms with Gasteiger partial charge in [0.25, 0.3) is 0 Å². The fourth-order valence-electron chi connectivity index (χ4n) is 1.95. The van der Waals surface area contributed by atoms with E-state index in [1.807, 2.05) is 18.2 Å². The summed E-state index contributed by atoms with van der Waals surface area (Å²) in [7, 11) is 0. The van der Waals surface area contributed by atoms with E-state index in [2.05, 4.69) is 25.8 Å². The molecule has 1 nitrogen and oxygen atoms in total. The van der Waals surface area contributed by atoms with Crippen LogP contribution in [0.5, 0.6) is 0 Å². The summed E-state index contributed by atoms with van der Waals surface area (Å²) in [5, 5.41) is 0.797. The molecule has 0 N–H and O–H groups in total. The molecule has 1 aromatic rings. The van der Waals surface area contributed by atoms with Gasteiger partial charge in [-0.15, -0.1) is 0 Å². The Labute approximate surface area is 102 Å². The Bertz CT molecular complexity index is 484. The highest BCUT2D eigenvalue weighted by Gasteiger charge is 2.10. The molecular formula is C14H16ClN. The van der Waals surface area contributed by atoms with Gasteiger partial charge in [-0.25, -0.2) is 0 Å². The van der Waals surface area contributed by atoms with Crippen LogP contribution in [-0.2, 0) is 6.42 Å². The van der Waals surface area contributed by atoms with E-state index < -0.39 is 0 Å². The van der Waals surface area contributed by atoms with E-state index in [-0.39, 0.29) is 0 Å². The van der Waals surface area contributed by atoms with Crippen molar-refractivity contribution in [2.75, 3.05) is 0 Å². The number of aryl methyl sites for hydroxylation is 1. The second-order valence-electron chi connectivity index (χ2n) is 4.38. The fourth-order valence-corrected chi connectivity index (χ4v) is 2.14. The largest absolute Gasteiger partial charge is 0.253 e. The van der Waals surface area contributed by atoms with E-state index >= 15 is 0 Å². The smallest absolute Gasteiger partial charge is 0.0666 e. The van der Waals surface area contributed by atoms with Crippen LogP contribution in [0.4, 0.5) is 5.69 Å². The maximum atomic E-state index is 6.01. The number of hydrogen-bond acceptors (Lipinski definition) is 1. The van der Waals surface area contributed by atoms with Crippen molar-refractivity contribution < 1.29 is 0 Å². The molecule has 0 atom stereocenters. The highest BCUT2D eigenvalue weighted by molar-refractivity contribution is 6.30. The van der Waals surface area contributed by atoms with E-state index in [4.69, 9.17) is 11.6 Å². The first kappa shape index (κ1) is 11.4. The van der Waals surface area contributed by atoms with E-state index in [1.54, 1.807) is 0 Å². The van der Waals surface area contributed by atoms with Gasteiger partial charge in [0, 0.05) is 10.7 Å². The number of fused-ring (bicyclic) bond motifs is 1. The lowest BCUT2D eigenvalue weighted by Gasteiger charge is -2.14. The average Bonchev–Trinajstić information content (AvgIpc) is 2.26. The van der Waals surface area contributed by atoms with Crippen molar-refractivity contribution in [2.45, 2.75) is 33.6 Å². The lowest BCUT2D eigenvalue weighted by atomic mass is 9.97. The van der Waals surface area contributed by atoms with E-state index in [0.29, 0.717) is 0 Å². The molecule has 84 valence electrons. The Morgan fingerprint density at radius 2 is 1.88 bits per heavy atom. The number of allylic oxidation sites excluding steroid dienone is 2. The second-order valence-corrected chi connectivity index (χ2v) is 4.81. The molecule has 0 spiro atoms. The molecule has 1 heterocycles. The van der Waals surface area contributed by atoms with Crippen molar-refractivity contribution in [3.63, 3.8) is 0 Å². The summed E-state index contributed by atoms with van der Waals surface area (Å²) < 4.78 is 0. The first-order valence-corrected chi connectivity index (χ1v) is 5.96. The molecule has 0 saturated heterocycles. The number of aliphatic imine (C=N–C) groups is 1. The fraction of sp³-hybridized carbons (Fsp3) is 0.357. The number of benzene rings is 1. The minimum atomic E-state index is 0.797. The summed E-state index contributed by atoms with van der Waals surface area (Å²) in [6.07, 6.45) is 2.11. The van der Waals surface area contributed by atoms with Crippen LogP contribution in [0.3, 0.4) is 0 Å². The molecule has 0 aliphatic carbocycles. The number of hydrogen-bond donors (Lipinski definition) is 0. The van der Waals surface area contributed by atoms with Crippen molar-refractivity contribution in [3.8, 4) is 0 Å². The molecule has 0 fully saturated rings. The normalized spacial score (nSPS) is 16.4. The maximum absolute atomic E-state index is 6.01. The van der Waals surface area contributed by atoms with Crippen molar-refractivity contribution in [2.24, 2.45) is 4.99 Å². The zero-order valence-electron chi connectivity index (χ0n) is 9.97. The van der Waals surface area contributed by atoms with Crippen LogP contribution in [0.25, 0.3) is 0 Å². The predicted molar refractivity (Wildman–Crippen MR) is 70.9 cm³/mol. The summed E-state index contributed by atoms with van der Waals surface area (Å²) >= 11 is 6.01. The molecule has 1 aliphatic rings. The van der Waals surface area contributed by atoms with Crippen molar-refractivity contribution >= 4 is 23.0 Å². The molecule has 1 aromatic carbocycles. The highest BCUT2D eigenvalue weighted by atomic mass is 35.5. The molecule has 1 aliphatic heterocycles. The van der Waals surface area contributed by atoms with Gasteiger partial charge in [0.15, 0.2) is 0 Å². The van der Waals surface area contributed by atoms with Gasteiger partial charge in [-0.3, -0.25) is 4.99 Å². The monoisotopic (exact) mass is 233 g/mol. The van der Waals surface area contributed by atoms with Crippen LogP contribution in [0.1, 0.15) is 32.8 Å². The molecule has 0 radical (unpaired) electrons. The Hall–Kier alpha value is -1.08. The van der Waals surface area contributed by atoms with Gasteiger partial charge in [-0.2, -0.15) is 0 Å². The maximum Gasteiger partial charge on any atom is 0.0666 e. The summed E-state index contributed by atoms with van der Waals surface area (Å²) in [4.78, 5) is 4.67. The summed E-state index contributed by atoms with van der Waals surface area (Å²) in [5.41, 5.74) is 6.17. The Morgan fingerprint density at radius 1 is 1.12 bits per heavy atom. The molecule has 2 heteroatoms. The average molecular weight is 234 g/mol. The van der Waals surface area contributed by atoms with E-state index in [1.165, 1.54) is 16.7 Å². The third-order valence-corrected chi connectivity index (χ3v) is 3.52. The van der Waals surface area contributed by atoms with Gasteiger partial charge >= 0.3 is 0 Å². The minimum Gasteiger partial charge on any atom is -0.253 e. The van der Waals surface area contributed by atoms with Crippen LogP contribution in [0.15, 0.2) is 34.3 Å². The third kappa shape index (κ3) is 2.19. The standard InChI is InChI=1S/C14H16ClN/c1-9-4-5-12-8-13(15)6-7-14(12)16-11(3)10(9)2/h6-8H,4-5H2,1-3H3. The zero-order valence-corrected chi connectivity index (χ0v) is 10.7. The minimum absolute atomic E-state index is 0.797. The van der Waals surface area contributed by atoms with Gasteiger partial charge < -0.3 is 0 Å². The Balaban J connectivity index is 2.54. The molecule has 0 amide bonds. The van der Waals surface area contributed by atoms with Gasteiger partial charge in [0.05, 0.1) is 5.69 Å². The van der Waals surface area contributed by atoms with Gasteiger partial charge in [0.1, 0.15) is 0 Å². The SMILES string of the molecule is CC1=Nc2ccc(Cl)cc2CCC(C)=C1C. The zero-order chi connectivity index (χ0) is 11.7. The molecule has 16 heavy (non-hydrogen) atoms. The molecular weight excluding hydrogens is 218 g/mol. The van der Waals surface area contributed by atoms with Crippen molar-refractivity contribution in [3.05, 3.63) is 39.9 Å². The Morgan fingerprint density at radius 3 is 2.62 bits per heavy atom. The first-order chi connectivity index (χ1) is 7.58. The quantitative estimate of drug-likeness (QED) is 0.615. The molecule has 0 unspecified atom stereocenters. The Kier molecular flexibility index (Phi) is 3.15. The highest BCUT2D eigenvalue weighted by Crippen LogP contribution is 2.29. The number of nitrogens with zero attached hydrogens (tertiary/aromatic N) is 1. The van der Waals surface area contributed by atoms with Gasteiger partial charge in [0.2, 0.25) is 0 Å². The van der Waals surface area contributed by atoms with Gasteiger partial charge in [-0.1, -0.05) is 17.2 Å². The van der Waals surface area contributed by atoms with E-state index in [0.717, 1.165) is 29.3 Å². The van der Waals surface area contributed by atoms with Crippen LogP contribution in [0.2, 0.25) is 5.02 Å². The van der Waals surface area contributed by atoms with Crippen LogP contribution >= 0.6 is 11.6 Å². The summed E-state index contributed by atoms with van der Waals surface area (Å²) in [6.45, 7) is 6.40. The predicted octanol–water partition coefficient (Wildman–Crippen LogP) is 4.72. The third-order valence-electron chi connectivity index (χ3n) is 3.28.